The minimum Gasteiger partial charge on any atom is -0.401 e. The van der Waals surface area contributed by atoms with E-state index in [2.05, 4.69) is 0 Å². The molecule has 0 atom stereocenters. The predicted molar refractivity (Wildman–Crippen MR) is 56.1 cm³/mol. The number of hydrazine groups is 1. The van der Waals surface area contributed by atoms with Crippen LogP contribution in [0.3, 0.4) is 0 Å². The van der Waals surface area contributed by atoms with Gasteiger partial charge in [-0.3, -0.25) is 5.01 Å². The third-order valence-corrected chi connectivity index (χ3v) is 1.84. The molecule has 0 amide bonds. The molecule has 0 saturated carbocycles. The van der Waals surface area contributed by atoms with Crippen LogP contribution in [-0.2, 0) is 6.18 Å². The van der Waals surface area contributed by atoms with Crippen molar-refractivity contribution in [2.24, 2.45) is 11.6 Å². The highest BCUT2D eigenvalue weighted by Gasteiger charge is 2.29. The molecule has 6 heteroatoms. The van der Waals surface area contributed by atoms with E-state index in [1.165, 1.54) is 18.3 Å². The van der Waals surface area contributed by atoms with E-state index in [0.29, 0.717) is 11.4 Å². The van der Waals surface area contributed by atoms with Gasteiger partial charge in [0.2, 0.25) is 0 Å². The van der Waals surface area contributed by atoms with Crippen LogP contribution >= 0.6 is 0 Å². The van der Waals surface area contributed by atoms with Gasteiger partial charge in [-0.2, -0.15) is 13.2 Å². The number of benzene rings is 1. The molecule has 0 radical (unpaired) electrons. The van der Waals surface area contributed by atoms with Crippen molar-refractivity contribution in [1.82, 2.24) is 0 Å². The zero-order valence-electron chi connectivity index (χ0n) is 8.62. The van der Waals surface area contributed by atoms with Crippen LogP contribution in [0.15, 0.2) is 36.2 Å². The Morgan fingerprint density at radius 1 is 1.25 bits per heavy atom. The fourth-order valence-electron chi connectivity index (χ4n) is 1.12. The third kappa shape index (κ3) is 3.16. The van der Waals surface area contributed by atoms with Gasteiger partial charge in [0.15, 0.2) is 0 Å². The molecule has 1 rings (SSSR count). The molecule has 0 fully saturated rings. The van der Waals surface area contributed by atoms with E-state index in [1.54, 1.807) is 6.92 Å². The van der Waals surface area contributed by atoms with Gasteiger partial charge in [0.25, 0.3) is 0 Å². The Kier molecular flexibility index (Phi) is 3.44. The zero-order chi connectivity index (χ0) is 12.3. The normalized spacial score (nSPS) is 12.7. The van der Waals surface area contributed by atoms with Crippen molar-refractivity contribution >= 4 is 5.69 Å². The number of hydrogen-bond donors (Lipinski definition) is 2. The largest absolute Gasteiger partial charge is 0.416 e. The summed E-state index contributed by atoms with van der Waals surface area (Å²) in [5.74, 6) is 5.55. The molecule has 0 aromatic heterocycles. The van der Waals surface area contributed by atoms with E-state index in [-0.39, 0.29) is 0 Å². The minimum atomic E-state index is -4.34. The fourth-order valence-corrected chi connectivity index (χ4v) is 1.12. The van der Waals surface area contributed by atoms with Gasteiger partial charge in [0.1, 0.15) is 0 Å². The Morgan fingerprint density at radius 3 is 2.12 bits per heavy atom. The molecule has 0 saturated heterocycles. The number of rotatable bonds is 2. The van der Waals surface area contributed by atoms with E-state index >= 15 is 0 Å². The summed E-state index contributed by atoms with van der Waals surface area (Å²) >= 11 is 0. The van der Waals surface area contributed by atoms with Crippen molar-refractivity contribution in [2.45, 2.75) is 13.1 Å². The lowest BCUT2D eigenvalue weighted by Gasteiger charge is -2.15. The summed E-state index contributed by atoms with van der Waals surface area (Å²) in [7, 11) is 0. The lowest BCUT2D eigenvalue weighted by molar-refractivity contribution is -0.137. The molecule has 0 aliphatic carbocycles. The van der Waals surface area contributed by atoms with Gasteiger partial charge in [0.05, 0.1) is 11.3 Å². The topological polar surface area (TPSA) is 55.3 Å². The lowest BCUT2D eigenvalue weighted by Crippen LogP contribution is -2.25. The fraction of sp³-hybridized carbons (Fsp3) is 0.200. The summed E-state index contributed by atoms with van der Waals surface area (Å²) in [6.45, 7) is 1.63. The number of hydrogen-bond acceptors (Lipinski definition) is 3. The Labute approximate surface area is 91.1 Å². The molecule has 4 N–H and O–H groups in total. The quantitative estimate of drug-likeness (QED) is 0.606. The molecular formula is C10H12F3N3. The zero-order valence-corrected chi connectivity index (χ0v) is 8.62. The Balaban J connectivity index is 2.91. The summed E-state index contributed by atoms with van der Waals surface area (Å²) in [5.41, 5.74) is 5.57. The highest BCUT2D eigenvalue weighted by Crippen LogP contribution is 2.30. The molecule has 0 aliphatic rings. The number of nitrogens with zero attached hydrogens (tertiary/aromatic N) is 1. The van der Waals surface area contributed by atoms with Gasteiger partial charge in [-0.15, -0.1) is 0 Å². The maximum absolute atomic E-state index is 12.3. The van der Waals surface area contributed by atoms with E-state index in [1.807, 2.05) is 0 Å². The summed E-state index contributed by atoms with van der Waals surface area (Å²) in [6, 6.07) is 4.49. The minimum absolute atomic E-state index is 0.429. The van der Waals surface area contributed by atoms with Gasteiger partial charge < -0.3 is 5.73 Å². The van der Waals surface area contributed by atoms with E-state index < -0.39 is 11.7 Å². The molecule has 0 unspecified atom stereocenters. The van der Waals surface area contributed by atoms with Crippen LogP contribution in [0.4, 0.5) is 18.9 Å². The standard InChI is InChI=1S/C10H12F3N3/c1-7(14)6-16(15)9-4-2-8(3-5-9)10(11,12)13/h2-6H,14-15H2,1H3/b7-6-. The Bertz CT molecular complexity index is 377. The van der Waals surface area contributed by atoms with Gasteiger partial charge in [-0.25, -0.2) is 5.84 Å². The number of nitrogens with two attached hydrogens (primary N) is 2. The van der Waals surface area contributed by atoms with Crippen LogP contribution in [0.2, 0.25) is 0 Å². The molecule has 0 bridgehead atoms. The summed E-state index contributed by atoms with van der Waals surface area (Å²) in [6.07, 6.45) is -2.92. The maximum Gasteiger partial charge on any atom is 0.416 e. The van der Waals surface area contributed by atoms with E-state index in [9.17, 15) is 13.2 Å². The summed E-state index contributed by atoms with van der Waals surface area (Å²) < 4.78 is 36.8. The van der Waals surface area contributed by atoms with Gasteiger partial charge >= 0.3 is 6.18 Å². The highest BCUT2D eigenvalue weighted by molar-refractivity contribution is 5.49. The van der Waals surface area contributed by atoms with Gasteiger partial charge in [0, 0.05) is 11.9 Å². The molecule has 0 aliphatic heterocycles. The smallest absolute Gasteiger partial charge is 0.401 e. The predicted octanol–water partition coefficient (Wildman–Crippen LogP) is 2.21. The second-order valence-corrected chi connectivity index (χ2v) is 3.33. The third-order valence-electron chi connectivity index (χ3n) is 1.84. The van der Waals surface area contributed by atoms with Crippen LogP contribution in [0.25, 0.3) is 0 Å². The SMILES string of the molecule is C/C(N)=C/N(N)c1ccc(C(F)(F)F)cc1. The highest BCUT2D eigenvalue weighted by atomic mass is 19.4. The van der Waals surface area contributed by atoms with Crippen molar-refractivity contribution in [3.63, 3.8) is 0 Å². The maximum atomic E-state index is 12.3. The second-order valence-electron chi connectivity index (χ2n) is 3.33. The monoisotopic (exact) mass is 231 g/mol. The van der Waals surface area contributed by atoms with Crippen molar-refractivity contribution in [1.29, 1.82) is 0 Å². The van der Waals surface area contributed by atoms with Gasteiger partial charge in [-0.05, 0) is 31.2 Å². The van der Waals surface area contributed by atoms with Crippen LogP contribution in [0.5, 0.6) is 0 Å². The lowest BCUT2D eigenvalue weighted by atomic mass is 10.2. The molecular weight excluding hydrogens is 219 g/mol. The molecule has 1 aromatic rings. The first-order valence-electron chi connectivity index (χ1n) is 4.46. The Hall–Kier alpha value is -1.69. The van der Waals surface area contributed by atoms with Crippen molar-refractivity contribution in [3.8, 4) is 0 Å². The summed E-state index contributed by atoms with van der Waals surface area (Å²) in [5, 5.41) is 1.16. The molecule has 16 heavy (non-hydrogen) atoms. The first-order valence-corrected chi connectivity index (χ1v) is 4.46. The Morgan fingerprint density at radius 2 is 1.75 bits per heavy atom. The van der Waals surface area contributed by atoms with Crippen molar-refractivity contribution in [3.05, 3.63) is 41.7 Å². The van der Waals surface area contributed by atoms with Crippen molar-refractivity contribution < 1.29 is 13.2 Å². The van der Waals surface area contributed by atoms with Crippen LogP contribution < -0.4 is 16.6 Å². The molecule has 3 nitrogen and oxygen atoms in total. The van der Waals surface area contributed by atoms with E-state index in [0.717, 1.165) is 17.1 Å². The van der Waals surface area contributed by atoms with Crippen molar-refractivity contribution in [2.75, 3.05) is 5.01 Å². The number of allylic oxidation sites excluding steroid dienone is 1. The van der Waals surface area contributed by atoms with Crippen LogP contribution in [-0.4, -0.2) is 0 Å². The van der Waals surface area contributed by atoms with Crippen LogP contribution in [0, 0.1) is 0 Å². The number of anilines is 1. The van der Waals surface area contributed by atoms with E-state index in [4.69, 9.17) is 11.6 Å². The summed E-state index contributed by atoms with van der Waals surface area (Å²) in [4.78, 5) is 0. The average Bonchev–Trinajstić information content (AvgIpc) is 2.15. The average molecular weight is 231 g/mol. The molecule has 1 aromatic carbocycles. The molecule has 88 valence electrons. The molecule has 0 heterocycles. The second kappa shape index (κ2) is 4.44. The molecule has 0 spiro atoms. The number of alkyl halides is 3. The number of halogens is 3. The first kappa shape index (κ1) is 12.4. The van der Waals surface area contributed by atoms with Crippen LogP contribution in [0.1, 0.15) is 12.5 Å². The first-order chi connectivity index (χ1) is 7.30. The van der Waals surface area contributed by atoms with Gasteiger partial charge in [-0.1, -0.05) is 0 Å².